The van der Waals surface area contributed by atoms with Crippen LogP contribution >= 0.6 is 0 Å². The van der Waals surface area contributed by atoms with Crippen molar-refractivity contribution < 1.29 is 14.3 Å². The molecule has 3 heterocycles. The van der Waals surface area contributed by atoms with Gasteiger partial charge in [0.2, 0.25) is 11.8 Å². The highest BCUT2D eigenvalue weighted by molar-refractivity contribution is 5.79. The number of ether oxygens (including phenoxy) is 1. The van der Waals surface area contributed by atoms with Gasteiger partial charge in [0, 0.05) is 31.4 Å². The molecule has 2 saturated heterocycles. The zero-order valence-corrected chi connectivity index (χ0v) is 13.9. The number of likely N-dealkylation sites (tertiary alicyclic amines) is 1. The van der Waals surface area contributed by atoms with E-state index in [-0.39, 0.29) is 17.9 Å². The number of piperidine rings is 1. The van der Waals surface area contributed by atoms with Crippen LogP contribution in [0.5, 0.6) is 0 Å². The molecule has 24 heavy (non-hydrogen) atoms. The lowest BCUT2D eigenvalue weighted by Crippen LogP contribution is -2.41. The fraction of sp³-hybridized carbons (Fsp3) is 0.611. The van der Waals surface area contributed by atoms with Gasteiger partial charge in [0.1, 0.15) is 6.10 Å². The molecule has 2 aliphatic rings. The third-order valence-corrected chi connectivity index (χ3v) is 5.11. The van der Waals surface area contributed by atoms with Gasteiger partial charge in [-0.25, -0.2) is 0 Å². The van der Waals surface area contributed by atoms with Gasteiger partial charge in [-0.2, -0.15) is 0 Å². The second-order valence-electron chi connectivity index (χ2n) is 6.68. The smallest absolute Gasteiger partial charge is 0.246 e. The van der Waals surface area contributed by atoms with E-state index in [0.717, 1.165) is 44.5 Å². The molecule has 0 aliphatic carbocycles. The second-order valence-corrected chi connectivity index (χ2v) is 6.68. The number of rotatable bonds is 5. The summed E-state index contributed by atoms with van der Waals surface area (Å²) in [5.41, 5.74) is 6.27. The molecule has 0 aromatic carbocycles. The lowest BCUT2D eigenvalue weighted by atomic mass is 9.89. The van der Waals surface area contributed by atoms with Crippen LogP contribution in [0.15, 0.2) is 24.4 Å². The maximum atomic E-state index is 12.3. The molecule has 2 fully saturated rings. The lowest BCUT2D eigenvalue weighted by Gasteiger charge is -2.34. The maximum Gasteiger partial charge on any atom is 0.246 e. The first-order valence-corrected chi connectivity index (χ1v) is 8.76. The van der Waals surface area contributed by atoms with Gasteiger partial charge in [-0.05, 0) is 50.2 Å². The number of primary amides is 1. The predicted octanol–water partition coefficient (Wildman–Crippen LogP) is 1.29. The predicted molar refractivity (Wildman–Crippen MR) is 89.0 cm³/mol. The zero-order valence-electron chi connectivity index (χ0n) is 13.9. The highest BCUT2D eigenvalue weighted by Crippen LogP contribution is 2.31. The Bertz CT molecular complexity index is 570. The molecule has 130 valence electrons. The van der Waals surface area contributed by atoms with Crippen molar-refractivity contribution in [3.8, 4) is 0 Å². The number of pyridine rings is 1. The molecule has 3 rings (SSSR count). The Morgan fingerprint density at radius 2 is 2.00 bits per heavy atom. The van der Waals surface area contributed by atoms with Crippen molar-refractivity contribution in [1.82, 2.24) is 9.88 Å². The summed E-state index contributed by atoms with van der Waals surface area (Å²) in [5.74, 6) is 0.260. The van der Waals surface area contributed by atoms with Crippen LogP contribution in [0.3, 0.4) is 0 Å². The van der Waals surface area contributed by atoms with E-state index < -0.39 is 6.10 Å². The number of amides is 2. The number of aryl methyl sites for hydroxylation is 1. The Balaban J connectivity index is 1.42. The molecule has 2 N–H and O–H groups in total. The molecule has 0 unspecified atom stereocenters. The van der Waals surface area contributed by atoms with E-state index in [1.54, 1.807) is 6.20 Å². The van der Waals surface area contributed by atoms with Crippen LogP contribution in [0.4, 0.5) is 0 Å². The summed E-state index contributed by atoms with van der Waals surface area (Å²) in [6.45, 7) is 1.54. The Hall–Kier alpha value is -1.95. The van der Waals surface area contributed by atoms with Crippen LogP contribution in [0.2, 0.25) is 0 Å². The van der Waals surface area contributed by atoms with E-state index in [4.69, 9.17) is 10.5 Å². The Morgan fingerprint density at radius 1 is 1.21 bits per heavy atom. The van der Waals surface area contributed by atoms with E-state index in [1.807, 2.05) is 23.1 Å². The molecule has 0 radical (unpaired) electrons. The van der Waals surface area contributed by atoms with Crippen molar-refractivity contribution in [2.45, 2.75) is 50.7 Å². The highest BCUT2D eigenvalue weighted by atomic mass is 16.5. The van der Waals surface area contributed by atoms with E-state index in [1.165, 1.54) is 0 Å². The molecule has 0 bridgehead atoms. The average molecular weight is 331 g/mol. The first-order chi connectivity index (χ1) is 11.6. The van der Waals surface area contributed by atoms with Gasteiger partial charge < -0.3 is 15.4 Å². The van der Waals surface area contributed by atoms with Crippen LogP contribution in [0, 0.1) is 5.92 Å². The van der Waals surface area contributed by atoms with Crippen LogP contribution < -0.4 is 5.73 Å². The standard InChI is InChI=1S/C18H25N3O3/c19-18(23)16-6-5-15(24-16)13-8-11-21(12-9-13)17(22)7-4-14-3-1-2-10-20-14/h1-3,10,13,15-16H,4-9,11-12H2,(H2,19,23)/t15-,16+/m0/s1. The van der Waals surface area contributed by atoms with E-state index in [0.29, 0.717) is 18.8 Å². The molecule has 0 spiro atoms. The highest BCUT2D eigenvalue weighted by Gasteiger charge is 2.36. The number of aromatic nitrogens is 1. The molecular formula is C18H25N3O3. The van der Waals surface area contributed by atoms with Gasteiger partial charge in [0.15, 0.2) is 0 Å². The number of carbonyl (C=O) groups is 2. The van der Waals surface area contributed by atoms with Crippen LogP contribution in [-0.4, -0.2) is 47.0 Å². The fourth-order valence-corrected chi connectivity index (χ4v) is 3.68. The number of nitrogens with two attached hydrogens (primary N) is 1. The summed E-state index contributed by atoms with van der Waals surface area (Å²) in [7, 11) is 0. The molecule has 6 heteroatoms. The van der Waals surface area contributed by atoms with E-state index >= 15 is 0 Å². The van der Waals surface area contributed by atoms with Gasteiger partial charge in [-0.3, -0.25) is 14.6 Å². The molecule has 6 nitrogen and oxygen atoms in total. The van der Waals surface area contributed by atoms with Crippen molar-refractivity contribution in [2.75, 3.05) is 13.1 Å². The first-order valence-electron chi connectivity index (χ1n) is 8.76. The van der Waals surface area contributed by atoms with E-state index in [9.17, 15) is 9.59 Å². The molecule has 2 aliphatic heterocycles. The maximum absolute atomic E-state index is 12.3. The van der Waals surface area contributed by atoms with Crippen molar-refractivity contribution in [1.29, 1.82) is 0 Å². The summed E-state index contributed by atoms with van der Waals surface area (Å²) in [4.78, 5) is 29.7. The second kappa shape index (κ2) is 7.75. The van der Waals surface area contributed by atoms with Crippen LogP contribution in [0.25, 0.3) is 0 Å². The average Bonchev–Trinajstić information content (AvgIpc) is 3.11. The number of nitrogens with zero attached hydrogens (tertiary/aromatic N) is 2. The molecule has 0 saturated carbocycles. The van der Waals surface area contributed by atoms with Gasteiger partial charge in [-0.15, -0.1) is 0 Å². The third kappa shape index (κ3) is 4.12. The molecular weight excluding hydrogens is 306 g/mol. The van der Waals surface area contributed by atoms with Crippen molar-refractivity contribution in [3.63, 3.8) is 0 Å². The first kappa shape index (κ1) is 16.9. The Kier molecular flexibility index (Phi) is 5.45. The molecule has 1 aromatic rings. The van der Waals surface area contributed by atoms with Crippen molar-refractivity contribution in [3.05, 3.63) is 30.1 Å². The van der Waals surface area contributed by atoms with Gasteiger partial charge in [0.05, 0.1) is 6.10 Å². The monoisotopic (exact) mass is 331 g/mol. The Morgan fingerprint density at radius 3 is 2.62 bits per heavy atom. The van der Waals surface area contributed by atoms with Crippen molar-refractivity contribution >= 4 is 11.8 Å². The fourth-order valence-electron chi connectivity index (χ4n) is 3.68. The molecule has 1 aromatic heterocycles. The minimum absolute atomic E-state index is 0.119. The van der Waals surface area contributed by atoms with Gasteiger partial charge in [0.25, 0.3) is 0 Å². The number of hydrogen-bond acceptors (Lipinski definition) is 4. The summed E-state index contributed by atoms with van der Waals surface area (Å²) >= 11 is 0. The summed E-state index contributed by atoms with van der Waals surface area (Å²) in [6.07, 6.45) is 6.14. The van der Waals surface area contributed by atoms with E-state index in [2.05, 4.69) is 4.98 Å². The third-order valence-electron chi connectivity index (χ3n) is 5.11. The molecule has 2 atom stereocenters. The summed E-state index contributed by atoms with van der Waals surface area (Å²) in [6, 6.07) is 5.77. The van der Waals surface area contributed by atoms with Crippen LogP contribution in [-0.2, 0) is 20.7 Å². The quantitative estimate of drug-likeness (QED) is 0.881. The minimum Gasteiger partial charge on any atom is -0.367 e. The minimum atomic E-state index is -0.423. The number of hydrogen-bond donors (Lipinski definition) is 1. The van der Waals surface area contributed by atoms with Gasteiger partial charge in [-0.1, -0.05) is 6.07 Å². The zero-order chi connectivity index (χ0) is 16.9. The lowest BCUT2D eigenvalue weighted by molar-refractivity contribution is -0.134. The largest absolute Gasteiger partial charge is 0.367 e. The van der Waals surface area contributed by atoms with Gasteiger partial charge >= 0.3 is 0 Å². The topological polar surface area (TPSA) is 85.5 Å². The summed E-state index contributed by atoms with van der Waals surface area (Å²) in [5, 5.41) is 0. The number of carbonyl (C=O) groups excluding carboxylic acids is 2. The normalized spacial score (nSPS) is 24.9. The molecule has 2 amide bonds. The Labute approximate surface area is 142 Å². The van der Waals surface area contributed by atoms with Crippen molar-refractivity contribution in [2.24, 2.45) is 11.7 Å². The SMILES string of the molecule is NC(=O)[C@H]1CC[C@@H](C2CCN(C(=O)CCc3ccccn3)CC2)O1. The summed E-state index contributed by atoms with van der Waals surface area (Å²) < 4.78 is 5.78. The van der Waals surface area contributed by atoms with Crippen LogP contribution in [0.1, 0.15) is 37.8 Å².